The van der Waals surface area contributed by atoms with Gasteiger partial charge in [-0.2, -0.15) is 0 Å². The molecule has 2 N–H and O–H groups in total. The lowest BCUT2D eigenvalue weighted by Gasteiger charge is -2.08. The monoisotopic (exact) mass is 429 g/mol. The summed E-state index contributed by atoms with van der Waals surface area (Å²) in [5.74, 6) is -0.372. The predicted octanol–water partition coefficient (Wildman–Crippen LogP) is 4.65. The molecule has 2 amide bonds. The number of nitrogens with zero attached hydrogens (tertiary/aromatic N) is 1. The van der Waals surface area contributed by atoms with Crippen LogP contribution in [0.5, 0.6) is 0 Å². The molecule has 0 atom stereocenters. The largest absolute Gasteiger partial charge is 0.326 e. The molecule has 5 nitrogen and oxygen atoms in total. The van der Waals surface area contributed by atoms with Gasteiger partial charge in [-0.25, -0.2) is 4.98 Å². The SMILES string of the molecule is Cc1cc(Br)ccc1NC(=O)Cc1csc(NC(=O)c2ccccc2)n1. The van der Waals surface area contributed by atoms with E-state index in [0.717, 1.165) is 15.7 Å². The fraction of sp³-hybridized carbons (Fsp3) is 0.105. The van der Waals surface area contributed by atoms with Gasteiger partial charge in [-0.05, 0) is 42.8 Å². The molecule has 0 unspecified atom stereocenters. The summed E-state index contributed by atoms with van der Waals surface area (Å²) in [6.45, 7) is 1.93. The zero-order valence-corrected chi connectivity index (χ0v) is 16.4. The maximum absolute atomic E-state index is 12.2. The van der Waals surface area contributed by atoms with Crippen molar-refractivity contribution in [3.05, 3.63) is 75.2 Å². The van der Waals surface area contributed by atoms with Crippen molar-refractivity contribution in [1.29, 1.82) is 0 Å². The smallest absolute Gasteiger partial charge is 0.257 e. The predicted molar refractivity (Wildman–Crippen MR) is 108 cm³/mol. The number of aromatic nitrogens is 1. The van der Waals surface area contributed by atoms with Crippen LogP contribution in [-0.2, 0) is 11.2 Å². The number of aryl methyl sites for hydroxylation is 1. The van der Waals surface area contributed by atoms with Gasteiger partial charge in [-0.15, -0.1) is 11.3 Å². The summed E-state index contributed by atoms with van der Waals surface area (Å²) >= 11 is 4.70. The first-order valence-corrected chi connectivity index (χ1v) is 9.55. The molecule has 0 aliphatic carbocycles. The topological polar surface area (TPSA) is 71.1 Å². The molecule has 1 aromatic heterocycles. The lowest BCUT2D eigenvalue weighted by molar-refractivity contribution is -0.115. The molecule has 3 rings (SSSR count). The number of amides is 2. The van der Waals surface area contributed by atoms with Crippen molar-refractivity contribution >= 4 is 49.9 Å². The van der Waals surface area contributed by atoms with Gasteiger partial charge in [0.15, 0.2) is 5.13 Å². The Bertz CT molecular complexity index is 941. The molecule has 0 bridgehead atoms. The first-order chi connectivity index (χ1) is 12.5. The second-order valence-corrected chi connectivity index (χ2v) is 7.42. The molecule has 0 fully saturated rings. The zero-order valence-electron chi connectivity index (χ0n) is 14.0. The van der Waals surface area contributed by atoms with Crippen LogP contribution in [0.1, 0.15) is 21.6 Å². The Morgan fingerprint density at radius 1 is 1.12 bits per heavy atom. The van der Waals surface area contributed by atoms with E-state index in [1.165, 1.54) is 11.3 Å². The molecule has 0 aliphatic heterocycles. The van der Waals surface area contributed by atoms with E-state index >= 15 is 0 Å². The number of anilines is 2. The summed E-state index contributed by atoms with van der Waals surface area (Å²) in [5.41, 5.74) is 2.92. The fourth-order valence-corrected chi connectivity index (χ4v) is 3.51. The van der Waals surface area contributed by atoms with Crippen molar-refractivity contribution in [2.24, 2.45) is 0 Å². The number of nitrogens with one attached hydrogen (secondary N) is 2. The third-order valence-electron chi connectivity index (χ3n) is 3.61. The van der Waals surface area contributed by atoms with E-state index in [-0.39, 0.29) is 18.2 Å². The first-order valence-electron chi connectivity index (χ1n) is 7.88. The third-order valence-corrected chi connectivity index (χ3v) is 4.91. The van der Waals surface area contributed by atoms with Gasteiger partial charge in [0.25, 0.3) is 5.91 Å². The number of hydrogen-bond acceptors (Lipinski definition) is 4. The van der Waals surface area contributed by atoms with Gasteiger partial charge < -0.3 is 5.32 Å². The Labute approximate surface area is 163 Å². The Morgan fingerprint density at radius 2 is 1.88 bits per heavy atom. The molecular formula is C19H16BrN3O2S. The number of hydrogen-bond donors (Lipinski definition) is 2. The van der Waals surface area contributed by atoms with Gasteiger partial charge in [0.05, 0.1) is 12.1 Å². The van der Waals surface area contributed by atoms with Crippen molar-refractivity contribution in [3.8, 4) is 0 Å². The highest BCUT2D eigenvalue weighted by Gasteiger charge is 2.12. The van der Waals surface area contributed by atoms with E-state index in [1.54, 1.807) is 29.6 Å². The van der Waals surface area contributed by atoms with Gasteiger partial charge >= 0.3 is 0 Å². The number of carbonyl (C=O) groups is 2. The van der Waals surface area contributed by atoms with Crippen molar-refractivity contribution in [1.82, 2.24) is 4.98 Å². The Kier molecular flexibility index (Phi) is 5.80. The van der Waals surface area contributed by atoms with E-state index in [4.69, 9.17) is 0 Å². The van der Waals surface area contributed by atoms with Crippen LogP contribution in [0.15, 0.2) is 58.4 Å². The molecule has 0 saturated heterocycles. The van der Waals surface area contributed by atoms with Gasteiger partial charge in [0, 0.05) is 21.1 Å². The molecule has 1 heterocycles. The van der Waals surface area contributed by atoms with E-state index in [0.29, 0.717) is 16.4 Å². The highest BCUT2D eigenvalue weighted by atomic mass is 79.9. The molecule has 0 saturated carbocycles. The van der Waals surface area contributed by atoms with Crippen LogP contribution >= 0.6 is 27.3 Å². The molecule has 132 valence electrons. The number of halogens is 1. The minimum atomic E-state index is -0.221. The van der Waals surface area contributed by atoms with Gasteiger partial charge in [0.2, 0.25) is 5.91 Å². The standard InChI is InChI=1S/C19H16BrN3O2S/c1-12-9-14(20)7-8-16(12)22-17(24)10-15-11-26-19(21-15)23-18(25)13-5-3-2-4-6-13/h2-9,11H,10H2,1H3,(H,22,24)(H,21,23,25). The third kappa shape index (κ3) is 4.77. The maximum atomic E-state index is 12.2. The molecule has 2 aromatic carbocycles. The van der Waals surface area contributed by atoms with E-state index in [2.05, 4.69) is 31.5 Å². The maximum Gasteiger partial charge on any atom is 0.257 e. The second-order valence-electron chi connectivity index (χ2n) is 5.65. The minimum absolute atomic E-state index is 0.146. The van der Waals surface area contributed by atoms with E-state index in [1.807, 2.05) is 31.2 Å². The van der Waals surface area contributed by atoms with Crippen LogP contribution in [0.25, 0.3) is 0 Å². The Hall–Kier alpha value is -2.51. The fourth-order valence-electron chi connectivity index (χ4n) is 2.33. The van der Waals surface area contributed by atoms with Crippen molar-refractivity contribution in [3.63, 3.8) is 0 Å². The lowest BCUT2D eigenvalue weighted by Crippen LogP contribution is -2.15. The quantitative estimate of drug-likeness (QED) is 0.619. The second kappa shape index (κ2) is 8.25. The summed E-state index contributed by atoms with van der Waals surface area (Å²) in [5, 5.41) is 7.87. The van der Waals surface area contributed by atoms with Crippen LogP contribution < -0.4 is 10.6 Å². The molecule has 7 heteroatoms. The normalized spacial score (nSPS) is 10.4. The molecule has 3 aromatic rings. The van der Waals surface area contributed by atoms with Crippen molar-refractivity contribution in [2.75, 3.05) is 10.6 Å². The van der Waals surface area contributed by atoms with E-state index < -0.39 is 0 Å². The highest BCUT2D eigenvalue weighted by Crippen LogP contribution is 2.21. The Balaban J connectivity index is 1.59. The summed E-state index contributed by atoms with van der Waals surface area (Å²) in [6.07, 6.45) is 0.146. The first kappa shape index (κ1) is 18.3. The number of thiazole rings is 1. The molecule has 0 radical (unpaired) electrons. The number of carbonyl (C=O) groups excluding carboxylic acids is 2. The number of benzene rings is 2. The van der Waals surface area contributed by atoms with Gasteiger partial charge in [-0.1, -0.05) is 34.1 Å². The molecule has 0 spiro atoms. The molecular weight excluding hydrogens is 414 g/mol. The molecule has 26 heavy (non-hydrogen) atoms. The lowest BCUT2D eigenvalue weighted by atomic mass is 10.2. The average Bonchev–Trinajstić information content (AvgIpc) is 3.05. The van der Waals surface area contributed by atoms with Gasteiger partial charge in [-0.3, -0.25) is 14.9 Å². The van der Waals surface area contributed by atoms with Crippen LogP contribution in [0.4, 0.5) is 10.8 Å². The van der Waals surface area contributed by atoms with Crippen LogP contribution in [-0.4, -0.2) is 16.8 Å². The van der Waals surface area contributed by atoms with Crippen molar-refractivity contribution in [2.45, 2.75) is 13.3 Å². The van der Waals surface area contributed by atoms with Crippen LogP contribution in [0.3, 0.4) is 0 Å². The molecule has 0 aliphatic rings. The summed E-state index contributed by atoms with van der Waals surface area (Å²) in [4.78, 5) is 28.7. The minimum Gasteiger partial charge on any atom is -0.326 e. The highest BCUT2D eigenvalue weighted by molar-refractivity contribution is 9.10. The summed E-state index contributed by atoms with van der Waals surface area (Å²) in [6, 6.07) is 14.6. The van der Waals surface area contributed by atoms with Gasteiger partial charge in [0.1, 0.15) is 0 Å². The van der Waals surface area contributed by atoms with Crippen LogP contribution in [0.2, 0.25) is 0 Å². The zero-order chi connectivity index (χ0) is 18.5. The Morgan fingerprint density at radius 3 is 2.62 bits per heavy atom. The van der Waals surface area contributed by atoms with E-state index in [9.17, 15) is 9.59 Å². The summed E-state index contributed by atoms with van der Waals surface area (Å²) in [7, 11) is 0. The van der Waals surface area contributed by atoms with Crippen molar-refractivity contribution < 1.29 is 9.59 Å². The summed E-state index contributed by atoms with van der Waals surface area (Å²) < 4.78 is 0.964. The average molecular weight is 430 g/mol. The van der Waals surface area contributed by atoms with Crippen LogP contribution in [0, 0.1) is 6.92 Å². The number of rotatable bonds is 5.